The van der Waals surface area contributed by atoms with Crippen molar-refractivity contribution >= 4 is 33.7 Å². The van der Waals surface area contributed by atoms with Crippen LogP contribution in [0.3, 0.4) is 0 Å². The first-order valence-electron chi connectivity index (χ1n) is 11.6. The summed E-state index contributed by atoms with van der Waals surface area (Å²) in [5, 5.41) is 8.99. The second-order valence-corrected chi connectivity index (χ2v) is 9.08. The van der Waals surface area contributed by atoms with E-state index in [1.807, 2.05) is 94.4 Å². The normalized spacial score (nSPS) is 11.2. The van der Waals surface area contributed by atoms with Crippen molar-refractivity contribution in [1.29, 1.82) is 0 Å². The van der Waals surface area contributed by atoms with Crippen LogP contribution in [0.1, 0.15) is 38.2 Å². The third-order valence-corrected chi connectivity index (χ3v) is 5.55. The number of hydrogen-bond acceptors (Lipinski definition) is 4. The van der Waals surface area contributed by atoms with E-state index in [0.717, 1.165) is 17.1 Å². The lowest BCUT2D eigenvalue weighted by Gasteiger charge is -2.27. The molecule has 1 aromatic heterocycles. The average Bonchev–Trinajstić information content (AvgIpc) is 2.82. The Morgan fingerprint density at radius 2 is 1.44 bits per heavy atom. The van der Waals surface area contributed by atoms with Crippen LogP contribution in [0.5, 0.6) is 0 Å². The van der Waals surface area contributed by atoms with Crippen LogP contribution >= 0.6 is 0 Å². The van der Waals surface area contributed by atoms with Gasteiger partial charge in [-0.05, 0) is 62.2 Å². The quantitative estimate of drug-likeness (QED) is 0.380. The SMILES string of the molecule is CC(C)Cn1nc(C(=O)N(c2ccc(Nc3ccccc3)cc2)C(C)C)c2ccccc2c1=O. The van der Waals surface area contributed by atoms with Crippen LogP contribution in [0.2, 0.25) is 0 Å². The van der Waals surface area contributed by atoms with Gasteiger partial charge in [-0.25, -0.2) is 4.68 Å². The molecule has 34 heavy (non-hydrogen) atoms. The summed E-state index contributed by atoms with van der Waals surface area (Å²) in [4.78, 5) is 28.6. The monoisotopic (exact) mass is 454 g/mol. The van der Waals surface area contributed by atoms with E-state index in [4.69, 9.17) is 0 Å². The summed E-state index contributed by atoms with van der Waals surface area (Å²) in [6.07, 6.45) is 0. The van der Waals surface area contributed by atoms with Crippen molar-refractivity contribution < 1.29 is 4.79 Å². The highest BCUT2D eigenvalue weighted by molar-refractivity contribution is 6.12. The van der Waals surface area contributed by atoms with Gasteiger partial charge in [0.2, 0.25) is 0 Å². The van der Waals surface area contributed by atoms with Gasteiger partial charge in [0.25, 0.3) is 11.5 Å². The molecule has 6 nitrogen and oxygen atoms in total. The molecule has 0 atom stereocenters. The molecule has 0 fully saturated rings. The van der Waals surface area contributed by atoms with Gasteiger partial charge in [0.05, 0.1) is 5.39 Å². The summed E-state index contributed by atoms with van der Waals surface area (Å²) in [6.45, 7) is 8.44. The van der Waals surface area contributed by atoms with Crippen molar-refractivity contribution in [3.63, 3.8) is 0 Å². The number of fused-ring (bicyclic) bond motifs is 1. The number of benzene rings is 3. The smallest absolute Gasteiger partial charge is 0.279 e. The number of carbonyl (C=O) groups excluding carboxylic acids is 1. The van der Waals surface area contributed by atoms with E-state index in [1.165, 1.54) is 4.68 Å². The standard InChI is InChI=1S/C28H30N4O2/c1-19(2)18-31-27(33)25-13-9-8-12-24(25)26(30-31)28(34)32(20(3)4)23-16-14-22(15-17-23)29-21-10-6-5-7-11-21/h5-17,19-20,29H,18H2,1-4H3. The van der Waals surface area contributed by atoms with Crippen LogP contribution < -0.4 is 15.8 Å². The number of nitrogens with zero attached hydrogens (tertiary/aromatic N) is 3. The van der Waals surface area contributed by atoms with E-state index in [1.54, 1.807) is 17.0 Å². The van der Waals surface area contributed by atoms with E-state index in [2.05, 4.69) is 10.4 Å². The fourth-order valence-electron chi connectivity index (χ4n) is 4.02. The number of nitrogens with one attached hydrogen (secondary N) is 1. The Hall–Kier alpha value is -3.93. The number of carbonyl (C=O) groups is 1. The maximum Gasteiger partial charge on any atom is 0.279 e. The third-order valence-electron chi connectivity index (χ3n) is 5.55. The number of para-hydroxylation sites is 1. The number of rotatable bonds is 7. The van der Waals surface area contributed by atoms with Crippen LogP contribution in [-0.4, -0.2) is 21.7 Å². The van der Waals surface area contributed by atoms with E-state index in [9.17, 15) is 9.59 Å². The molecular weight excluding hydrogens is 424 g/mol. The fraction of sp³-hybridized carbons (Fsp3) is 0.250. The van der Waals surface area contributed by atoms with E-state index < -0.39 is 0 Å². The zero-order valence-corrected chi connectivity index (χ0v) is 20.0. The number of amides is 1. The van der Waals surface area contributed by atoms with Crippen LogP contribution in [0, 0.1) is 5.92 Å². The summed E-state index contributed by atoms with van der Waals surface area (Å²) in [7, 11) is 0. The minimum atomic E-state index is -0.229. The van der Waals surface area contributed by atoms with Crippen LogP contribution in [-0.2, 0) is 6.54 Å². The second-order valence-electron chi connectivity index (χ2n) is 9.08. The molecule has 6 heteroatoms. The zero-order valence-electron chi connectivity index (χ0n) is 20.0. The van der Waals surface area contributed by atoms with Crippen LogP contribution in [0.4, 0.5) is 17.1 Å². The molecule has 0 unspecified atom stereocenters. The Kier molecular flexibility index (Phi) is 6.77. The Bertz CT molecular complexity index is 1340. The van der Waals surface area contributed by atoms with Gasteiger partial charge in [-0.15, -0.1) is 0 Å². The maximum atomic E-state index is 13.9. The molecule has 0 aliphatic rings. The molecule has 0 aliphatic carbocycles. The fourth-order valence-corrected chi connectivity index (χ4v) is 4.02. The predicted molar refractivity (Wildman–Crippen MR) is 139 cm³/mol. The van der Waals surface area contributed by atoms with Gasteiger partial charge in [-0.3, -0.25) is 9.59 Å². The summed E-state index contributed by atoms with van der Waals surface area (Å²) >= 11 is 0. The zero-order chi connectivity index (χ0) is 24.2. The van der Waals surface area contributed by atoms with Crippen LogP contribution in [0.25, 0.3) is 10.8 Å². The van der Waals surface area contributed by atoms with Gasteiger partial charge in [0.1, 0.15) is 0 Å². The minimum Gasteiger partial charge on any atom is -0.356 e. The predicted octanol–water partition coefficient (Wildman–Crippen LogP) is 5.85. The highest BCUT2D eigenvalue weighted by Gasteiger charge is 2.25. The summed E-state index contributed by atoms with van der Waals surface area (Å²) in [5.74, 6) is -0.00681. The largest absolute Gasteiger partial charge is 0.356 e. The van der Waals surface area contributed by atoms with Crippen molar-refractivity contribution in [3.05, 3.63) is 94.9 Å². The molecule has 0 bridgehead atoms. The van der Waals surface area contributed by atoms with Crippen molar-refractivity contribution in [2.45, 2.75) is 40.3 Å². The van der Waals surface area contributed by atoms with E-state index in [-0.39, 0.29) is 29.1 Å². The number of aromatic nitrogens is 2. The van der Waals surface area contributed by atoms with Crippen molar-refractivity contribution in [2.75, 3.05) is 10.2 Å². The Morgan fingerprint density at radius 3 is 2.06 bits per heavy atom. The van der Waals surface area contributed by atoms with Gasteiger partial charge in [-0.2, -0.15) is 5.10 Å². The molecule has 1 heterocycles. The second kappa shape index (κ2) is 9.91. The lowest BCUT2D eigenvalue weighted by atomic mass is 10.1. The molecule has 0 spiro atoms. The van der Waals surface area contributed by atoms with E-state index >= 15 is 0 Å². The molecule has 3 aromatic carbocycles. The molecule has 0 saturated carbocycles. The molecule has 0 radical (unpaired) electrons. The van der Waals surface area contributed by atoms with Crippen molar-refractivity contribution in [1.82, 2.24) is 9.78 Å². The molecular formula is C28H30N4O2. The number of hydrogen-bond donors (Lipinski definition) is 1. The first-order chi connectivity index (χ1) is 16.3. The van der Waals surface area contributed by atoms with E-state index in [0.29, 0.717) is 17.3 Å². The lowest BCUT2D eigenvalue weighted by Crippen LogP contribution is -2.39. The number of anilines is 3. The highest BCUT2D eigenvalue weighted by Crippen LogP contribution is 2.25. The molecule has 0 saturated heterocycles. The summed E-state index contributed by atoms with van der Waals surface area (Å²) in [5.41, 5.74) is 2.81. The van der Waals surface area contributed by atoms with Gasteiger partial charge >= 0.3 is 0 Å². The molecule has 4 aromatic rings. The maximum absolute atomic E-state index is 13.9. The van der Waals surface area contributed by atoms with Crippen molar-refractivity contribution in [2.24, 2.45) is 5.92 Å². The molecule has 0 aliphatic heterocycles. The van der Waals surface area contributed by atoms with Gasteiger partial charge in [0, 0.05) is 35.0 Å². The van der Waals surface area contributed by atoms with Gasteiger partial charge < -0.3 is 10.2 Å². The molecule has 174 valence electrons. The van der Waals surface area contributed by atoms with Gasteiger partial charge in [-0.1, -0.05) is 50.2 Å². The molecule has 1 N–H and O–H groups in total. The Labute approximate surface area is 199 Å². The first kappa shape index (κ1) is 23.2. The Balaban J connectivity index is 1.72. The minimum absolute atomic E-state index is 0.105. The average molecular weight is 455 g/mol. The Morgan fingerprint density at radius 1 is 0.853 bits per heavy atom. The first-order valence-corrected chi connectivity index (χ1v) is 11.6. The third kappa shape index (κ3) is 4.86. The van der Waals surface area contributed by atoms with Crippen molar-refractivity contribution in [3.8, 4) is 0 Å². The highest BCUT2D eigenvalue weighted by atomic mass is 16.2. The topological polar surface area (TPSA) is 67.2 Å². The van der Waals surface area contributed by atoms with Crippen LogP contribution in [0.15, 0.2) is 83.7 Å². The molecule has 4 rings (SSSR count). The lowest BCUT2D eigenvalue weighted by molar-refractivity contribution is 0.0974. The van der Waals surface area contributed by atoms with Gasteiger partial charge in [0.15, 0.2) is 5.69 Å². The summed E-state index contributed by atoms with van der Waals surface area (Å²) in [6, 6.07) is 24.8. The summed E-state index contributed by atoms with van der Waals surface area (Å²) < 4.78 is 1.42. The molecule has 1 amide bonds.